The summed E-state index contributed by atoms with van der Waals surface area (Å²) in [7, 11) is 0. The second-order valence-electron chi connectivity index (χ2n) is 8.49. The first-order valence-corrected chi connectivity index (χ1v) is 10.2. The molecule has 0 aliphatic heterocycles. The fraction of sp³-hybridized carbons (Fsp3) is 0.458. The van der Waals surface area contributed by atoms with Crippen LogP contribution in [0.4, 0.5) is 4.39 Å². The molecule has 2 unspecified atom stereocenters. The Morgan fingerprint density at radius 2 is 2.00 bits per heavy atom. The van der Waals surface area contributed by atoms with Gasteiger partial charge in [-0.15, -0.1) is 0 Å². The van der Waals surface area contributed by atoms with Gasteiger partial charge < -0.3 is 10.1 Å². The molecule has 0 saturated heterocycles. The smallest absolute Gasteiger partial charge is 0.263 e. The summed E-state index contributed by atoms with van der Waals surface area (Å²) in [5.41, 5.74) is 0.924. The molecule has 0 saturated carbocycles. The topological polar surface area (TPSA) is 75.0 Å². The van der Waals surface area contributed by atoms with E-state index in [2.05, 4.69) is 30.2 Å². The lowest BCUT2D eigenvalue weighted by Crippen LogP contribution is -2.51. The van der Waals surface area contributed by atoms with E-state index in [9.17, 15) is 14.4 Å². The molecule has 2 atom stereocenters. The van der Waals surface area contributed by atoms with E-state index >= 15 is 0 Å². The summed E-state index contributed by atoms with van der Waals surface area (Å²) in [5, 5.41) is 12.3. The van der Waals surface area contributed by atoms with Gasteiger partial charge in [-0.3, -0.25) is 4.79 Å². The third-order valence-electron chi connectivity index (χ3n) is 4.99. The largest absolute Gasteiger partial charge is 0.462 e. The maximum absolute atomic E-state index is 13.0. The van der Waals surface area contributed by atoms with Crippen LogP contribution in [-0.2, 0) is 11.5 Å². The molecule has 0 bridgehead atoms. The maximum atomic E-state index is 13.0. The van der Waals surface area contributed by atoms with Crippen molar-refractivity contribution in [3.63, 3.8) is 0 Å². The van der Waals surface area contributed by atoms with Gasteiger partial charge in [-0.05, 0) is 56.9 Å². The summed E-state index contributed by atoms with van der Waals surface area (Å²) >= 11 is 0. The first kappa shape index (κ1) is 23.3. The normalized spacial score (nSPS) is 13.4. The van der Waals surface area contributed by atoms with Gasteiger partial charge in [-0.25, -0.2) is 9.37 Å². The van der Waals surface area contributed by atoms with Crippen LogP contribution in [-0.4, -0.2) is 22.5 Å². The first-order valence-electron chi connectivity index (χ1n) is 10.2. The molecule has 0 fully saturated rings. The van der Waals surface area contributed by atoms with Crippen molar-refractivity contribution in [1.82, 2.24) is 10.3 Å². The average Bonchev–Trinajstić information content (AvgIpc) is 2.72. The summed E-state index contributed by atoms with van der Waals surface area (Å²) in [6.07, 6.45) is 2.26. The van der Waals surface area contributed by atoms with E-state index in [1.54, 1.807) is 32.0 Å². The van der Waals surface area contributed by atoms with Crippen molar-refractivity contribution in [3.8, 4) is 11.9 Å². The van der Waals surface area contributed by atoms with E-state index in [4.69, 9.17) is 4.74 Å². The van der Waals surface area contributed by atoms with Crippen molar-refractivity contribution in [2.24, 2.45) is 5.92 Å². The maximum Gasteiger partial charge on any atom is 0.263 e. The lowest BCUT2D eigenvalue weighted by molar-refractivity contribution is -0.135. The lowest BCUT2D eigenvalue weighted by Gasteiger charge is -2.31. The Morgan fingerprint density at radius 3 is 2.57 bits per heavy atom. The summed E-state index contributed by atoms with van der Waals surface area (Å²) in [4.78, 5) is 17.0. The number of hydrogen-bond donors (Lipinski definition) is 1. The average molecular weight is 412 g/mol. The standard InChI is InChI=1S/C24H30FN3O2/c1-16(2)11-21(20-8-6-7-18(12-20)14-26)17(3)28-23(29)24(4,5)30-22-10-9-19(13-25)15-27-22/h6-10,12,15-17,21H,11,13H2,1-5H3,(H,28,29). The minimum absolute atomic E-state index is 0.0556. The van der Waals surface area contributed by atoms with Gasteiger partial charge >= 0.3 is 0 Å². The molecular formula is C24H30FN3O2. The van der Waals surface area contributed by atoms with E-state index in [0.717, 1.165) is 12.0 Å². The van der Waals surface area contributed by atoms with Gasteiger partial charge in [0.1, 0.15) is 6.67 Å². The Labute approximate surface area is 178 Å². The molecule has 1 aromatic heterocycles. The van der Waals surface area contributed by atoms with Crippen LogP contribution in [0.25, 0.3) is 0 Å². The number of aromatic nitrogens is 1. The molecule has 0 aliphatic carbocycles. The Hall–Kier alpha value is -2.94. The van der Waals surface area contributed by atoms with Crippen LogP contribution in [0.3, 0.4) is 0 Å². The van der Waals surface area contributed by atoms with E-state index in [0.29, 0.717) is 17.0 Å². The molecule has 6 heteroatoms. The van der Waals surface area contributed by atoms with Crippen molar-refractivity contribution < 1.29 is 13.9 Å². The summed E-state index contributed by atoms with van der Waals surface area (Å²) in [5.74, 6) is 0.472. The third kappa shape index (κ3) is 6.28. The number of carbonyl (C=O) groups is 1. The van der Waals surface area contributed by atoms with Crippen LogP contribution < -0.4 is 10.1 Å². The minimum atomic E-state index is -1.16. The van der Waals surface area contributed by atoms with Gasteiger partial charge in [0, 0.05) is 29.8 Å². The third-order valence-corrected chi connectivity index (χ3v) is 4.99. The molecule has 1 N–H and O–H groups in total. The van der Waals surface area contributed by atoms with E-state index in [1.807, 2.05) is 25.1 Å². The number of nitriles is 1. The van der Waals surface area contributed by atoms with Crippen LogP contribution in [0.1, 0.15) is 63.6 Å². The fourth-order valence-electron chi connectivity index (χ4n) is 3.31. The highest BCUT2D eigenvalue weighted by molar-refractivity contribution is 5.85. The van der Waals surface area contributed by atoms with Crippen molar-refractivity contribution in [2.45, 2.75) is 65.3 Å². The second-order valence-corrected chi connectivity index (χ2v) is 8.49. The highest BCUT2D eigenvalue weighted by atomic mass is 19.1. The van der Waals surface area contributed by atoms with Crippen molar-refractivity contribution in [1.29, 1.82) is 5.26 Å². The molecule has 2 rings (SSSR count). The summed E-state index contributed by atoms with van der Waals surface area (Å²) in [6, 6.07) is 12.7. The minimum Gasteiger partial charge on any atom is -0.462 e. The number of nitrogens with one attached hydrogen (secondary N) is 1. The van der Waals surface area contributed by atoms with Crippen LogP contribution in [0, 0.1) is 17.2 Å². The number of alkyl halides is 1. The molecule has 1 heterocycles. The Bertz CT molecular complexity index is 888. The van der Waals surface area contributed by atoms with Gasteiger partial charge in [0.25, 0.3) is 5.91 Å². The number of hydrogen-bond acceptors (Lipinski definition) is 4. The van der Waals surface area contributed by atoms with Gasteiger partial charge in [-0.1, -0.05) is 26.0 Å². The van der Waals surface area contributed by atoms with Crippen LogP contribution >= 0.6 is 0 Å². The Balaban J connectivity index is 2.14. The number of amides is 1. The number of pyridine rings is 1. The van der Waals surface area contributed by atoms with Gasteiger partial charge in [0.05, 0.1) is 11.6 Å². The van der Waals surface area contributed by atoms with Gasteiger partial charge in [-0.2, -0.15) is 5.26 Å². The fourth-order valence-corrected chi connectivity index (χ4v) is 3.31. The van der Waals surface area contributed by atoms with Crippen molar-refractivity contribution >= 4 is 5.91 Å². The first-order chi connectivity index (χ1) is 14.2. The van der Waals surface area contributed by atoms with Crippen molar-refractivity contribution in [2.75, 3.05) is 0 Å². The van der Waals surface area contributed by atoms with E-state index in [1.165, 1.54) is 6.20 Å². The molecule has 0 aliphatic rings. The number of benzene rings is 1. The predicted octanol–water partition coefficient (Wildman–Crippen LogP) is 4.91. The second kappa shape index (κ2) is 10.2. The summed E-state index contributed by atoms with van der Waals surface area (Å²) < 4.78 is 18.4. The summed E-state index contributed by atoms with van der Waals surface area (Å²) in [6.45, 7) is 8.99. The highest BCUT2D eigenvalue weighted by Gasteiger charge is 2.33. The van der Waals surface area contributed by atoms with E-state index in [-0.39, 0.29) is 23.7 Å². The Kier molecular flexibility index (Phi) is 7.93. The monoisotopic (exact) mass is 411 g/mol. The number of halogens is 1. The van der Waals surface area contributed by atoms with Crippen LogP contribution in [0.15, 0.2) is 42.6 Å². The molecule has 2 aromatic rings. The van der Waals surface area contributed by atoms with Gasteiger partial charge in [0.15, 0.2) is 5.60 Å². The quantitative estimate of drug-likeness (QED) is 0.636. The molecule has 1 aromatic carbocycles. The molecule has 1 amide bonds. The van der Waals surface area contributed by atoms with E-state index < -0.39 is 12.3 Å². The van der Waals surface area contributed by atoms with Gasteiger partial charge in [0.2, 0.25) is 5.88 Å². The lowest BCUT2D eigenvalue weighted by atomic mass is 9.84. The van der Waals surface area contributed by atoms with Crippen LogP contribution in [0.2, 0.25) is 0 Å². The highest BCUT2D eigenvalue weighted by Crippen LogP contribution is 2.28. The molecule has 0 spiro atoms. The number of ether oxygens (including phenoxy) is 1. The SMILES string of the molecule is CC(C)CC(c1cccc(C#N)c1)C(C)NC(=O)C(C)(C)Oc1ccc(CF)cn1. The number of nitrogens with zero attached hydrogens (tertiary/aromatic N) is 2. The van der Waals surface area contributed by atoms with Crippen molar-refractivity contribution in [3.05, 3.63) is 59.3 Å². The zero-order valence-corrected chi connectivity index (χ0v) is 18.3. The molecule has 30 heavy (non-hydrogen) atoms. The zero-order valence-electron chi connectivity index (χ0n) is 18.3. The molecule has 5 nitrogen and oxygen atoms in total. The van der Waals surface area contributed by atoms with Crippen LogP contribution in [0.5, 0.6) is 5.88 Å². The molecular weight excluding hydrogens is 381 g/mol. The molecule has 0 radical (unpaired) electrons. The molecule has 160 valence electrons. The predicted molar refractivity (Wildman–Crippen MR) is 115 cm³/mol. The number of carbonyl (C=O) groups excluding carboxylic acids is 1. The number of rotatable bonds is 9. The Morgan fingerprint density at radius 1 is 1.27 bits per heavy atom. The zero-order chi connectivity index (χ0) is 22.3.